The molecule has 0 saturated carbocycles. The van der Waals surface area contributed by atoms with Gasteiger partial charge in [0.25, 0.3) is 0 Å². The van der Waals surface area contributed by atoms with Crippen LogP contribution < -0.4 is 4.90 Å². The van der Waals surface area contributed by atoms with Gasteiger partial charge in [0.05, 0.1) is 26.0 Å². The van der Waals surface area contributed by atoms with Crippen LogP contribution in [0.25, 0.3) is 0 Å². The third kappa shape index (κ3) is 2.70. The summed E-state index contributed by atoms with van der Waals surface area (Å²) < 4.78 is 16.8. The van der Waals surface area contributed by atoms with Gasteiger partial charge in [-0.05, 0) is 31.4 Å². The largest absolute Gasteiger partial charge is 0.464 e. The molecule has 0 amide bonds. The van der Waals surface area contributed by atoms with Crippen molar-refractivity contribution < 1.29 is 18.8 Å². The minimum atomic E-state index is -0.292. The third-order valence-electron chi connectivity index (χ3n) is 3.60. The summed E-state index contributed by atoms with van der Waals surface area (Å²) in [6.45, 7) is 4.32. The van der Waals surface area contributed by atoms with Crippen LogP contribution in [0.2, 0.25) is 0 Å². The monoisotopic (exact) mass is 238 g/mol. The van der Waals surface area contributed by atoms with E-state index >= 15 is 0 Å². The van der Waals surface area contributed by atoms with Crippen molar-refractivity contribution >= 4 is 0 Å². The maximum absolute atomic E-state index is 5.87. The van der Waals surface area contributed by atoms with Gasteiger partial charge in [-0.2, -0.15) is 0 Å². The predicted octanol–water partition coefficient (Wildman–Crippen LogP) is 0.762. The van der Waals surface area contributed by atoms with Gasteiger partial charge in [-0.25, -0.2) is 0 Å². The molecule has 2 atom stereocenters. The van der Waals surface area contributed by atoms with E-state index in [0.717, 1.165) is 12.3 Å². The van der Waals surface area contributed by atoms with Crippen LogP contribution in [0.4, 0.5) is 0 Å². The molecule has 17 heavy (non-hydrogen) atoms. The maximum atomic E-state index is 5.87. The third-order valence-corrected chi connectivity index (χ3v) is 3.60. The fourth-order valence-corrected chi connectivity index (χ4v) is 2.71. The van der Waals surface area contributed by atoms with E-state index in [0.29, 0.717) is 6.61 Å². The van der Waals surface area contributed by atoms with Crippen molar-refractivity contribution in [1.82, 2.24) is 0 Å². The zero-order valence-electron chi connectivity index (χ0n) is 10.1. The van der Waals surface area contributed by atoms with Gasteiger partial charge in [0.15, 0.2) is 5.76 Å². The van der Waals surface area contributed by atoms with Gasteiger partial charge in [-0.1, -0.05) is 0 Å². The molecular formula is C13H20NO3+. The van der Waals surface area contributed by atoms with E-state index in [9.17, 15) is 0 Å². The molecule has 0 bridgehead atoms. The second-order valence-electron chi connectivity index (χ2n) is 4.95. The number of piperidine rings is 1. The van der Waals surface area contributed by atoms with Gasteiger partial charge in [0, 0.05) is 0 Å². The summed E-state index contributed by atoms with van der Waals surface area (Å²) in [6, 6.07) is 3.77. The van der Waals surface area contributed by atoms with Crippen molar-refractivity contribution in [2.75, 3.05) is 26.2 Å². The standard InChI is InChI=1S/C13H19NO3/c1-2-6-14(7-3-1)9-11-10-16-13(17-11)12-5-4-8-15-12/h4-5,8,11,13H,1-3,6-7,9-10H2/p+1. The summed E-state index contributed by atoms with van der Waals surface area (Å²) in [4.78, 5) is 1.66. The second kappa shape index (κ2) is 5.21. The first-order valence-corrected chi connectivity index (χ1v) is 6.56. The topological polar surface area (TPSA) is 36.0 Å². The van der Waals surface area contributed by atoms with E-state index in [1.54, 1.807) is 11.2 Å². The smallest absolute Gasteiger partial charge is 0.217 e. The van der Waals surface area contributed by atoms with Gasteiger partial charge < -0.3 is 18.8 Å². The number of ether oxygens (including phenoxy) is 2. The van der Waals surface area contributed by atoms with Gasteiger partial charge in [0.1, 0.15) is 12.6 Å². The molecule has 2 aliphatic rings. The molecular weight excluding hydrogens is 218 g/mol. The Labute approximate surface area is 101 Å². The molecule has 2 fully saturated rings. The Hall–Kier alpha value is -0.840. The SMILES string of the molecule is c1coc(C2OCC(C[NH+]3CCCCC3)O2)c1. The number of rotatable bonds is 3. The first-order valence-electron chi connectivity index (χ1n) is 6.56. The Morgan fingerprint density at radius 1 is 1.24 bits per heavy atom. The predicted molar refractivity (Wildman–Crippen MR) is 61.7 cm³/mol. The van der Waals surface area contributed by atoms with Crippen LogP contribution in [0.3, 0.4) is 0 Å². The quantitative estimate of drug-likeness (QED) is 0.844. The summed E-state index contributed by atoms with van der Waals surface area (Å²) in [7, 11) is 0. The van der Waals surface area contributed by atoms with Gasteiger partial charge in [0.2, 0.25) is 6.29 Å². The molecule has 1 N–H and O–H groups in total. The lowest BCUT2D eigenvalue weighted by Gasteiger charge is -2.25. The van der Waals surface area contributed by atoms with Gasteiger partial charge in [-0.3, -0.25) is 0 Å². The lowest BCUT2D eigenvalue weighted by molar-refractivity contribution is -0.907. The van der Waals surface area contributed by atoms with Crippen molar-refractivity contribution in [2.45, 2.75) is 31.7 Å². The summed E-state index contributed by atoms with van der Waals surface area (Å²) >= 11 is 0. The zero-order valence-corrected chi connectivity index (χ0v) is 10.1. The van der Waals surface area contributed by atoms with Gasteiger partial charge in [-0.15, -0.1) is 0 Å². The highest BCUT2D eigenvalue weighted by molar-refractivity contribution is 5.00. The summed E-state index contributed by atoms with van der Waals surface area (Å²) in [5.41, 5.74) is 0. The van der Waals surface area contributed by atoms with E-state index in [2.05, 4.69) is 0 Å². The normalized spacial score (nSPS) is 30.8. The summed E-state index contributed by atoms with van der Waals surface area (Å²) in [5, 5.41) is 0. The van der Waals surface area contributed by atoms with E-state index in [4.69, 9.17) is 13.9 Å². The van der Waals surface area contributed by atoms with Crippen molar-refractivity contribution in [2.24, 2.45) is 0 Å². The van der Waals surface area contributed by atoms with Crippen LogP contribution in [0, 0.1) is 0 Å². The lowest BCUT2D eigenvalue weighted by atomic mass is 10.1. The Morgan fingerprint density at radius 2 is 2.12 bits per heavy atom. The molecule has 4 nitrogen and oxygen atoms in total. The van der Waals surface area contributed by atoms with Crippen LogP contribution in [-0.2, 0) is 9.47 Å². The Kier molecular flexibility index (Phi) is 3.45. The molecule has 2 unspecified atom stereocenters. The first-order chi connectivity index (χ1) is 8.42. The first kappa shape index (κ1) is 11.3. The minimum absolute atomic E-state index is 0.221. The van der Waals surface area contributed by atoms with E-state index in [1.807, 2.05) is 12.1 Å². The number of hydrogen-bond donors (Lipinski definition) is 1. The number of hydrogen-bond acceptors (Lipinski definition) is 3. The fourth-order valence-electron chi connectivity index (χ4n) is 2.71. The highest BCUT2D eigenvalue weighted by Crippen LogP contribution is 2.26. The van der Waals surface area contributed by atoms with Crippen LogP contribution in [0.1, 0.15) is 31.3 Å². The molecule has 2 aliphatic heterocycles. The van der Waals surface area contributed by atoms with E-state index < -0.39 is 0 Å². The molecule has 1 aromatic heterocycles. The molecule has 3 heterocycles. The molecule has 3 rings (SSSR count). The zero-order chi connectivity index (χ0) is 11.5. The van der Waals surface area contributed by atoms with Crippen molar-refractivity contribution in [3.8, 4) is 0 Å². The molecule has 0 radical (unpaired) electrons. The van der Waals surface area contributed by atoms with E-state index in [-0.39, 0.29) is 12.4 Å². The molecule has 0 aliphatic carbocycles. The Balaban J connectivity index is 1.50. The van der Waals surface area contributed by atoms with Crippen LogP contribution in [-0.4, -0.2) is 32.3 Å². The number of nitrogens with one attached hydrogen (secondary N) is 1. The maximum Gasteiger partial charge on any atom is 0.217 e. The number of quaternary nitrogens is 1. The molecule has 0 aromatic carbocycles. The minimum Gasteiger partial charge on any atom is -0.464 e. The summed E-state index contributed by atoms with van der Waals surface area (Å²) in [6.07, 6.45) is 5.68. The molecule has 2 saturated heterocycles. The van der Waals surface area contributed by atoms with Crippen molar-refractivity contribution in [1.29, 1.82) is 0 Å². The van der Waals surface area contributed by atoms with Crippen LogP contribution in [0.5, 0.6) is 0 Å². The number of likely N-dealkylation sites (tertiary alicyclic amines) is 1. The molecule has 0 spiro atoms. The molecule has 1 aromatic rings. The highest BCUT2D eigenvalue weighted by atomic mass is 16.7. The Morgan fingerprint density at radius 3 is 2.88 bits per heavy atom. The van der Waals surface area contributed by atoms with Crippen molar-refractivity contribution in [3.05, 3.63) is 24.2 Å². The highest BCUT2D eigenvalue weighted by Gasteiger charge is 2.32. The van der Waals surface area contributed by atoms with Gasteiger partial charge >= 0.3 is 0 Å². The van der Waals surface area contributed by atoms with Crippen LogP contribution in [0.15, 0.2) is 22.8 Å². The second-order valence-corrected chi connectivity index (χ2v) is 4.95. The molecule has 4 heteroatoms. The van der Waals surface area contributed by atoms with Crippen LogP contribution >= 0.6 is 0 Å². The molecule has 94 valence electrons. The Bertz CT molecular complexity index is 332. The number of furan rings is 1. The average Bonchev–Trinajstić information content (AvgIpc) is 3.00. The fraction of sp³-hybridized carbons (Fsp3) is 0.692. The summed E-state index contributed by atoms with van der Waals surface area (Å²) in [5.74, 6) is 0.779. The lowest BCUT2D eigenvalue weighted by Crippen LogP contribution is -3.13. The van der Waals surface area contributed by atoms with Crippen molar-refractivity contribution in [3.63, 3.8) is 0 Å². The van der Waals surface area contributed by atoms with E-state index in [1.165, 1.54) is 32.4 Å². The average molecular weight is 238 g/mol.